The van der Waals surface area contributed by atoms with Gasteiger partial charge in [-0.3, -0.25) is 4.90 Å². The fourth-order valence-electron chi connectivity index (χ4n) is 11.0. The lowest BCUT2D eigenvalue weighted by Crippen LogP contribution is -2.59. The number of thioether (sulfide) groups is 1. The Hall–Kier alpha value is -3.01. The highest BCUT2D eigenvalue weighted by molar-refractivity contribution is 8.00. The highest BCUT2D eigenvalue weighted by Gasteiger charge is 2.59. The average molecular weight is 609 g/mol. The molecule has 3 aliphatic carbocycles. The maximum atomic E-state index is 3.21. The zero-order chi connectivity index (χ0) is 29.5. The summed E-state index contributed by atoms with van der Waals surface area (Å²) in [7, 11) is 0. The zero-order valence-corrected chi connectivity index (χ0v) is 27.0. The van der Waals surface area contributed by atoms with Gasteiger partial charge in [0.05, 0.1) is 0 Å². The quantitative estimate of drug-likeness (QED) is 0.201. The number of fused-ring (bicyclic) bond motifs is 8. The molecule has 8 unspecified atom stereocenters. The molecular formula is C42H44N2S. The molecule has 5 aliphatic rings. The van der Waals surface area contributed by atoms with Crippen molar-refractivity contribution in [2.75, 3.05) is 0 Å². The lowest BCUT2D eigenvalue weighted by molar-refractivity contribution is 0.0580. The van der Waals surface area contributed by atoms with Crippen LogP contribution in [0.2, 0.25) is 0 Å². The van der Waals surface area contributed by atoms with Gasteiger partial charge in [0.15, 0.2) is 0 Å². The molecular weight excluding hydrogens is 565 g/mol. The molecule has 45 heavy (non-hydrogen) atoms. The number of rotatable bonds is 3. The van der Waals surface area contributed by atoms with Crippen molar-refractivity contribution in [3.8, 4) is 22.3 Å². The molecule has 0 N–H and O–H groups in total. The van der Waals surface area contributed by atoms with Gasteiger partial charge in [-0.2, -0.15) is 11.8 Å². The fraction of sp³-hybridized carbons (Fsp3) is 0.429. The Morgan fingerprint density at radius 1 is 0.511 bits per heavy atom. The molecule has 8 atom stereocenters. The minimum Gasteiger partial charge on any atom is -0.337 e. The summed E-state index contributed by atoms with van der Waals surface area (Å²) in [6.07, 6.45) is 14.3. The molecule has 5 aromatic rings. The summed E-state index contributed by atoms with van der Waals surface area (Å²) >= 11 is 2.45. The van der Waals surface area contributed by atoms with Gasteiger partial charge in [0.25, 0.3) is 0 Å². The Kier molecular flexibility index (Phi) is 6.50. The Morgan fingerprint density at radius 3 is 1.84 bits per heavy atom. The van der Waals surface area contributed by atoms with Crippen molar-refractivity contribution >= 4 is 33.6 Å². The first-order valence-electron chi connectivity index (χ1n) is 17.9. The van der Waals surface area contributed by atoms with Crippen LogP contribution >= 0.6 is 11.8 Å². The summed E-state index contributed by atoms with van der Waals surface area (Å²) in [6, 6.07) is 39.6. The first kappa shape index (κ1) is 27.1. The lowest BCUT2D eigenvalue weighted by atomic mass is 9.72. The van der Waals surface area contributed by atoms with Crippen molar-refractivity contribution in [3.63, 3.8) is 0 Å². The lowest BCUT2D eigenvalue weighted by Gasteiger charge is -2.53. The molecule has 0 bridgehead atoms. The Labute approximate surface area is 272 Å². The molecule has 228 valence electrons. The van der Waals surface area contributed by atoms with Crippen LogP contribution in [0.25, 0.3) is 44.1 Å². The van der Waals surface area contributed by atoms with E-state index in [1.807, 2.05) is 0 Å². The summed E-state index contributed by atoms with van der Waals surface area (Å²) in [5, 5.41) is 4.63. The molecule has 1 aromatic heterocycles. The van der Waals surface area contributed by atoms with E-state index in [1.165, 1.54) is 108 Å². The molecule has 2 nitrogen and oxygen atoms in total. The van der Waals surface area contributed by atoms with Crippen molar-refractivity contribution in [2.45, 2.75) is 98.9 Å². The monoisotopic (exact) mass is 608 g/mol. The SMILES string of the molecule is c1ccc(-c2ccc3c(c2)c2cc(-c4ccccc4)ccc2n3C2CCC3C(C2)C2CCCC4SC5CCCCC5N3C42)cc1. The third kappa shape index (κ3) is 4.26. The van der Waals surface area contributed by atoms with Crippen LogP contribution in [-0.2, 0) is 0 Å². The summed E-state index contributed by atoms with van der Waals surface area (Å²) in [5.41, 5.74) is 8.09. The number of benzene rings is 4. The van der Waals surface area contributed by atoms with E-state index in [0.29, 0.717) is 6.04 Å². The van der Waals surface area contributed by atoms with Gasteiger partial charge in [-0.25, -0.2) is 0 Å². The minimum atomic E-state index is 0.577. The second kappa shape index (κ2) is 10.8. The van der Waals surface area contributed by atoms with E-state index >= 15 is 0 Å². The summed E-state index contributed by atoms with van der Waals surface area (Å²) in [5.74, 6) is 1.77. The number of hydrogen-bond donors (Lipinski definition) is 0. The second-order valence-corrected chi connectivity index (χ2v) is 16.3. The predicted molar refractivity (Wildman–Crippen MR) is 191 cm³/mol. The number of aromatic nitrogens is 1. The third-order valence-corrected chi connectivity index (χ3v) is 14.5. The smallest absolute Gasteiger partial charge is 0.0494 e. The molecule has 10 rings (SSSR count). The van der Waals surface area contributed by atoms with Gasteiger partial charge >= 0.3 is 0 Å². The third-order valence-electron chi connectivity index (χ3n) is 12.7. The highest BCUT2D eigenvalue weighted by atomic mass is 32.2. The molecule has 0 amide bonds. The first-order valence-corrected chi connectivity index (χ1v) is 18.9. The van der Waals surface area contributed by atoms with Gasteiger partial charge in [0.1, 0.15) is 0 Å². The van der Waals surface area contributed by atoms with Crippen LogP contribution in [0.15, 0.2) is 97.1 Å². The molecule has 5 fully saturated rings. The molecule has 2 saturated heterocycles. The van der Waals surface area contributed by atoms with Crippen molar-refractivity contribution in [3.05, 3.63) is 97.1 Å². The van der Waals surface area contributed by atoms with Gasteiger partial charge in [-0.15, -0.1) is 0 Å². The molecule has 3 heteroatoms. The number of hydrogen-bond acceptors (Lipinski definition) is 2. The van der Waals surface area contributed by atoms with Crippen LogP contribution in [0, 0.1) is 11.8 Å². The maximum Gasteiger partial charge on any atom is 0.0494 e. The zero-order valence-electron chi connectivity index (χ0n) is 26.2. The average Bonchev–Trinajstić information content (AvgIpc) is 3.62. The van der Waals surface area contributed by atoms with Gasteiger partial charge in [0.2, 0.25) is 0 Å². The van der Waals surface area contributed by atoms with Crippen LogP contribution in [0.5, 0.6) is 0 Å². The van der Waals surface area contributed by atoms with Crippen LogP contribution in [0.1, 0.15) is 70.3 Å². The summed E-state index contributed by atoms with van der Waals surface area (Å²) in [4.78, 5) is 3.21. The summed E-state index contributed by atoms with van der Waals surface area (Å²) < 4.78 is 2.81. The Morgan fingerprint density at radius 2 is 1.16 bits per heavy atom. The second-order valence-electron chi connectivity index (χ2n) is 14.9. The van der Waals surface area contributed by atoms with Crippen LogP contribution in [0.4, 0.5) is 0 Å². The molecule has 3 saturated carbocycles. The topological polar surface area (TPSA) is 8.17 Å². The van der Waals surface area contributed by atoms with E-state index in [4.69, 9.17) is 0 Å². The normalized spacial score (nSPS) is 32.7. The Bertz CT molecular complexity index is 1760. The van der Waals surface area contributed by atoms with E-state index in [9.17, 15) is 0 Å². The van der Waals surface area contributed by atoms with Crippen LogP contribution in [-0.4, -0.2) is 38.1 Å². The van der Waals surface area contributed by atoms with Gasteiger partial charge in [-0.05, 0) is 103 Å². The van der Waals surface area contributed by atoms with Crippen molar-refractivity contribution in [2.24, 2.45) is 11.8 Å². The number of nitrogens with zero attached hydrogens (tertiary/aromatic N) is 2. The van der Waals surface area contributed by atoms with Crippen LogP contribution in [0.3, 0.4) is 0 Å². The molecule has 0 spiro atoms. The van der Waals surface area contributed by atoms with E-state index in [0.717, 1.165) is 40.5 Å². The van der Waals surface area contributed by atoms with Crippen LogP contribution < -0.4 is 0 Å². The van der Waals surface area contributed by atoms with Gasteiger partial charge in [-0.1, -0.05) is 92.1 Å². The molecule has 2 aliphatic heterocycles. The largest absolute Gasteiger partial charge is 0.337 e. The van der Waals surface area contributed by atoms with E-state index in [-0.39, 0.29) is 0 Å². The maximum absolute atomic E-state index is 3.21. The minimum absolute atomic E-state index is 0.577. The fourth-order valence-corrected chi connectivity index (χ4v) is 13.0. The van der Waals surface area contributed by atoms with Gasteiger partial charge < -0.3 is 4.57 Å². The molecule has 3 heterocycles. The first-order chi connectivity index (χ1) is 22.3. The Balaban J connectivity index is 1.08. The standard InChI is InChI=1S/C42H44N2S/c1-3-10-27(11-4-1)29-18-21-36-33(24-29)34-25-30(28-12-5-2-6-13-28)19-22-37(34)43(36)31-20-23-38-35(26-31)32-14-9-17-41-42(32)44(38)39-15-7-8-16-40(39)45-41/h1-6,10-13,18-19,21-22,24-25,31-32,35,38-42H,7-9,14-17,20,23,26H2. The van der Waals surface area contributed by atoms with E-state index in [2.05, 4.69) is 118 Å². The highest BCUT2D eigenvalue weighted by Crippen LogP contribution is 2.59. The van der Waals surface area contributed by atoms with Gasteiger partial charge in [0, 0.05) is 56.5 Å². The van der Waals surface area contributed by atoms with E-state index in [1.54, 1.807) is 0 Å². The summed E-state index contributed by atoms with van der Waals surface area (Å²) in [6.45, 7) is 0. The van der Waals surface area contributed by atoms with E-state index < -0.39 is 0 Å². The van der Waals surface area contributed by atoms with Crippen molar-refractivity contribution in [1.29, 1.82) is 0 Å². The van der Waals surface area contributed by atoms with Crippen molar-refractivity contribution in [1.82, 2.24) is 9.47 Å². The predicted octanol–water partition coefficient (Wildman–Crippen LogP) is 10.7. The molecule has 0 radical (unpaired) electrons. The van der Waals surface area contributed by atoms with Crippen molar-refractivity contribution < 1.29 is 0 Å². The molecule has 4 aromatic carbocycles.